The van der Waals surface area contributed by atoms with E-state index >= 15 is 0 Å². The van der Waals surface area contributed by atoms with Crippen molar-refractivity contribution in [1.82, 2.24) is 0 Å². The summed E-state index contributed by atoms with van der Waals surface area (Å²) < 4.78 is 10.7. The Labute approximate surface area is 176 Å². The van der Waals surface area contributed by atoms with E-state index < -0.39 is 12.2 Å². The van der Waals surface area contributed by atoms with Gasteiger partial charge in [0.15, 0.2) is 0 Å². The van der Waals surface area contributed by atoms with Gasteiger partial charge in [0.25, 0.3) is 0 Å². The van der Waals surface area contributed by atoms with Gasteiger partial charge in [0.2, 0.25) is 0 Å². The Kier molecular flexibility index (Phi) is 7.46. The maximum absolute atomic E-state index is 10.6. The number of aryl methyl sites for hydroxylation is 1. The van der Waals surface area contributed by atoms with Crippen LogP contribution >= 0.6 is 11.8 Å². The van der Waals surface area contributed by atoms with Gasteiger partial charge in [-0.1, -0.05) is 18.2 Å². The maximum atomic E-state index is 10.6. The summed E-state index contributed by atoms with van der Waals surface area (Å²) in [5, 5.41) is 30.8. The van der Waals surface area contributed by atoms with Crippen LogP contribution in [0, 0.1) is 6.92 Å². The lowest BCUT2D eigenvalue weighted by atomic mass is 9.93. The van der Waals surface area contributed by atoms with Gasteiger partial charge in [0.1, 0.15) is 11.5 Å². The molecule has 4 atom stereocenters. The number of thioether (sulfide) groups is 1. The summed E-state index contributed by atoms with van der Waals surface area (Å²) in [5.74, 6) is 1.09. The first-order valence-corrected chi connectivity index (χ1v) is 10.9. The minimum Gasteiger partial charge on any atom is -0.508 e. The van der Waals surface area contributed by atoms with Gasteiger partial charge in [-0.2, -0.15) is 0 Å². The first-order chi connectivity index (χ1) is 13.9. The molecule has 3 N–H and O–H groups in total. The molecule has 4 unspecified atom stereocenters. The molecule has 0 bridgehead atoms. The van der Waals surface area contributed by atoms with Gasteiger partial charge in [-0.3, -0.25) is 0 Å². The SMILES string of the molecule is CCOc1ccc(Cc2cc(C3CC(O)C(O)C(COC)S3)c(O)cc2C)cc1. The van der Waals surface area contributed by atoms with E-state index in [2.05, 4.69) is 12.1 Å². The molecule has 3 rings (SSSR count). The van der Waals surface area contributed by atoms with Crippen LogP contribution in [0.15, 0.2) is 36.4 Å². The van der Waals surface area contributed by atoms with E-state index in [1.165, 1.54) is 0 Å². The number of aromatic hydroxyl groups is 1. The number of aliphatic hydroxyl groups excluding tert-OH is 2. The van der Waals surface area contributed by atoms with Gasteiger partial charge in [0, 0.05) is 17.9 Å². The van der Waals surface area contributed by atoms with Gasteiger partial charge in [-0.05, 0) is 61.6 Å². The summed E-state index contributed by atoms with van der Waals surface area (Å²) in [6.07, 6.45) is -0.524. The molecule has 0 spiro atoms. The van der Waals surface area contributed by atoms with E-state index in [9.17, 15) is 15.3 Å². The van der Waals surface area contributed by atoms with Crippen LogP contribution in [0.25, 0.3) is 0 Å². The summed E-state index contributed by atoms with van der Waals surface area (Å²) >= 11 is 1.55. The molecule has 6 heteroatoms. The molecule has 0 amide bonds. The van der Waals surface area contributed by atoms with Crippen LogP contribution in [0.5, 0.6) is 11.5 Å². The van der Waals surface area contributed by atoms with E-state index in [1.807, 2.05) is 32.0 Å². The normalized spacial score (nSPS) is 24.4. The number of rotatable bonds is 7. The average molecular weight is 419 g/mol. The van der Waals surface area contributed by atoms with Crippen molar-refractivity contribution >= 4 is 11.8 Å². The molecule has 1 aliphatic rings. The Morgan fingerprint density at radius 2 is 1.86 bits per heavy atom. The van der Waals surface area contributed by atoms with E-state index in [-0.39, 0.29) is 16.2 Å². The Morgan fingerprint density at radius 1 is 1.14 bits per heavy atom. The highest BCUT2D eigenvalue weighted by Gasteiger charge is 2.38. The Bertz CT molecular complexity index is 808. The molecule has 1 saturated heterocycles. The standard InChI is InChI=1S/C23H30O5S/c1-4-28-17-7-5-15(6-8-17)10-16-11-18(19(24)9-14(16)2)21-12-20(25)23(26)22(29-21)13-27-3/h5-9,11,20-26H,4,10,12-13H2,1-3H3. The topological polar surface area (TPSA) is 79.2 Å². The molecule has 0 aromatic heterocycles. The zero-order valence-electron chi connectivity index (χ0n) is 17.2. The zero-order chi connectivity index (χ0) is 21.0. The number of benzene rings is 2. The molecular formula is C23H30O5S. The monoisotopic (exact) mass is 418 g/mol. The molecular weight excluding hydrogens is 388 g/mol. The Hall–Kier alpha value is -1.73. The Morgan fingerprint density at radius 3 is 2.52 bits per heavy atom. The van der Waals surface area contributed by atoms with E-state index in [1.54, 1.807) is 24.9 Å². The highest BCUT2D eigenvalue weighted by molar-refractivity contribution is 8.00. The van der Waals surface area contributed by atoms with Crippen molar-refractivity contribution in [3.05, 3.63) is 58.7 Å². The summed E-state index contributed by atoms with van der Waals surface area (Å²) in [6.45, 7) is 4.95. The fourth-order valence-electron chi connectivity index (χ4n) is 3.75. The summed E-state index contributed by atoms with van der Waals surface area (Å²) in [4.78, 5) is 0. The zero-order valence-corrected chi connectivity index (χ0v) is 18.0. The lowest BCUT2D eigenvalue weighted by molar-refractivity contribution is -0.00422. The number of methoxy groups -OCH3 is 1. The molecule has 158 valence electrons. The molecule has 0 radical (unpaired) electrons. The second-order valence-corrected chi connectivity index (χ2v) is 8.95. The van der Waals surface area contributed by atoms with Crippen LogP contribution in [0.4, 0.5) is 0 Å². The fourth-order valence-corrected chi connectivity index (χ4v) is 5.37. The molecule has 2 aromatic rings. The van der Waals surface area contributed by atoms with Gasteiger partial charge in [-0.15, -0.1) is 11.8 Å². The molecule has 5 nitrogen and oxygen atoms in total. The smallest absolute Gasteiger partial charge is 0.120 e. The first-order valence-electron chi connectivity index (χ1n) is 9.97. The second-order valence-electron chi connectivity index (χ2n) is 7.50. The van der Waals surface area contributed by atoms with Gasteiger partial charge in [-0.25, -0.2) is 0 Å². The highest BCUT2D eigenvalue weighted by Crippen LogP contribution is 2.46. The second kappa shape index (κ2) is 9.85. The first kappa shape index (κ1) is 22.0. The van der Waals surface area contributed by atoms with Crippen molar-refractivity contribution in [3.63, 3.8) is 0 Å². The van der Waals surface area contributed by atoms with Crippen LogP contribution in [0.3, 0.4) is 0 Å². The van der Waals surface area contributed by atoms with Crippen molar-refractivity contribution in [1.29, 1.82) is 0 Å². The lowest BCUT2D eigenvalue weighted by Gasteiger charge is -2.36. The molecule has 29 heavy (non-hydrogen) atoms. The molecule has 1 heterocycles. The molecule has 2 aromatic carbocycles. The van der Waals surface area contributed by atoms with E-state index in [0.29, 0.717) is 19.6 Å². The minimum atomic E-state index is -0.836. The van der Waals surface area contributed by atoms with Crippen LogP contribution in [-0.2, 0) is 11.2 Å². The largest absolute Gasteiger partial charge is 0.508 e. The predicted molar refractivity (Wildman–Crippen MR) is 116 cm³/mol. The fraction of sp³-hybridized carbons (Fsp3) is 0.478. The van der Waals surface area contributed by atoms with E-state index in [4.69, 9.17) is 9.47 Å². The van der Waals surface area contributed by atoms with Crippen molar-refractivity contribution < 1.29 is 24.8 Å². The van der Waals surface area contributed by atoms with E-state index in [0.717, 1.165) is 34.4 Å². The lowest BCUT2D eigenvalue weighted by Crippen LogP contribution is -2.42. The minimum absolute atomic E-state index is 0.103. The number of hydrogen-bond acceptors (Lipinski definition) is 6. The molecule has 1 aliphatic heterocycles. The molecule has 1 fully saturated rings. The van der Waals surface area contributed by atoms with Crippen molar-refractivity contribution in [3.8, 4) is 11.5 Å². The maximum Gasteiger partial charge on any atom is 0.120 e. The highest BCUT2D eigenvalue weighted by atomic mass is 32.2. The quantitative estimate of drug-likeness (QED) is 0.638. The summed E-state index contributed by atoms with van der Waals surface area (Å²) in [7, 11) is 1.58. The van der Waals surface area contributed by atoms with Gasteiger partial charge in [0.05, 0.1) is 30.7 Å². The third-order valence-electron chi connectivity index (χ3n) is 5.36. The predicted octanol–water partition coefficient (Wildman–Crippen LogP) is 3.60. The average Bonchev–Trinajstić information content (AvgIpc) is 2.69. The van der Waals surface area contributed by atoms with Gasteiger partial charge < -0.3 is 24.8 Å². The van der Waals surface area contributed by atoms with Crippen LogP contribution < -0.4 is 4.74 Å². The van der Waals surface area contributed by atoms with Crippen LogP contribution in [0.1, 0.15) is 40.8 Å². The summed E-state index contributed by atoms with van der Waals surface area (Å²) in [5.41, 5.74) is 4.12. The molecule has 0 saturated carbocycles. The third kappa shape index (κ3) is 5.25. The Balaban J connectivity index is 1.83. The third-order valence-corrected chi connectivity index (χ3v) is 6.90. The number of phenolic OH excluding ortho intramolecular Hbond substituents is 1. The number of ether oxygens (including phenoxy) is 2. The number of hydrogen-bond donors (Lipinski definition) is 3. The van der Waals surface area contributed by atoms with Crippen molar-refractivity contribution in [2.45, 2.75) is 49.4 Å². The van der Waals surface area contributed by atoms with Crippen LogP contribution in [0.2, 0.25) is 0 Å². The van der Waals surface area contributed by atoms with Gasteiger partial charge >= 0.3 is 0 Å². The number of phenols is 1. The van der Waals surface area contributed by atoms with Crippen molar-refractivity contribution in [2.24, 2.45) is 0 Å². The van der Waals surface area contributed by atoms with Crippen LogP contribution in [-0.4, -0.2) is 53.1 Å². The number of aliphatic hydroxyl groups is 2. The van der Waals surface area contributed by atoms with Crippen molar-refractivity contribution in [2.75, 3.05) is 20.3 Å². The summed E-state index contributed by atoms with van der Waals surface area (Å²) in [6, 6.07) is 11.9. The molecule has 0 aliphatic carbocycles.